The number of ether oxygens (including phenoxy) is 1. The number of rotatable bonds is 8. The molecule has 1 N–H and O–H groups in total. The topological polar surface area (TPSA) is 29.5 Å². The van der Waals surface area contributed by atoms with Crippen LogP contribution in [0.15, 0.2) is 0 Å². The SMILES string of the molecule is CCC(CC)CC(O)CCC(C)OC. The van der Waals surface area contributed by atoms with Gasteiger partial charge in [-0.3, -0.25) is 0 Å². The first-order valence-corrected chi connectivity index (χ1v) is 5.84. The molecule has 2 heteroatoms. The zero-order chi connectivity index (χ0) is 11.0. The summed E-state index contributed by atoms with van der Waals surface area (Å²) in [6.45, 7) is 6.43. The van der Waals surface area contributed by atoms with Crippen molar-refractivity contribution in [1.29, 1.82) is 0 Å². The Labute approximate surface area is 88.7 Å². The van der Waals surface area contributed by atoms with Crippen molar-refractivity contribution in [3.8, 4) is 0 Å². The molecule has 0 saturated heterocycles. The summed E-state index contributed by atoms with van der Waals surface area (Å²) < 4.78 is 5.15. The summed E-state index contributed by atoms with van der Waals surface area (Å²) in [5.74, 6) is 0.683. The standard InChI is InChI=1S/C12H26O2/c1-5-11(6-2)9-12(13)8-7-10(3)14-4/h10-13H,5-9H2,1-4H3. The Balaban J connectivity index is 3.58. The van der Waals surface area contributed by atoms with Crippen molar-refractivity contribution in [2.75, 3.05) is 7.11 Å². The van der Waals surface area contributed by atoms with Crippen LogP contribution in [0.4, 0.5) is 0 Å². The van der Waals surface area contributed by atoms with Gasteiger partial charge in [-0.2, -0.15) is 0 Å². The predicted molar refractivity (Wildman–Crippen MR) is 60.4 cm³/mol. The molecule has 2 nitrogen and oxygen atoms in total. The Morgan fingerprint density at radius 2 is 1.71 bits per heavy atom. The molecule has 0 aromatic carbocycles. The Hall–Kier alpha value is -0.0800. The molecular formula is C12H26O2. The zero-order valence-electron chi connectivity index (χ0n) is 10.1. The van der Waals surface area contributed by atoms with E-state index in [9.17, 15) is 5.11 Å². The molecule has 0 bridgehead atoms. The molecule has 0 heterocycles. The Morgan fingerprint density at radius 3 is 2.14 bits per heavy atom. The fraction of sp³-hybridized carbons (Fsp3) is 1.00. The number of hydrogen-bond acceptors (Lipinski definition) is 2. The molecule has 0 aliphatic carbocycles. The van der Waals surface area contributed by atoms with Crippen molar-refractivity contribution < 1.29 is 9.84 Å². The first kappa shape index (κ1) is 13.9. The van der Waals surface area contributed by atoms with E-state index in [-0.39, 0.29) is 12.2 Å². The summed E-state index contributed by atoms with van der Waals surface area (Å²) in [5.41, 5.74) is 0. The minimum absolute atomic E-state index is 0.141. The average Bonchev–Trinajstić information content (AvgIpc) is 2.22. The average molecular weight is 202 g/mol. The van der Waals surface area contributed by atoms with E-state index in [1.165, 1.54) is 12.8 Å². The number of aliphatic hydroxyl groups excluding tert-OH is 1. The highest BCUT2D eigenvalue weighted by molar-refractivity contribution is 4.64. The van der Waals surface area contributed by atoms with Gasteiger partial charge in [-0.15, -0.1) is 0 Å². The Bertz CT molecular complexity index is 121. The van der Waals surface area contributed by atoms with E-state index in [0.717, 1.165) is 19.3 Å². The van der Waals surface area contributed by atoms with Gasteiger partial charge in [0.25, 0.3) is 0 Å². The second-order valence-electron chi connectivity index (χ2n) is 4.20. The maximum atomic E-state index is 9.77. The number of aliphatic hydroxyl groups is 1. The van der Waals surface area contributed by atoms with Crippen LogP contribution >= 0.6 is 0 Å². The predicted octanol–water partition coefficient (Wildman–Crippen LogP) is 2.99. The van der Waals surface area contributed by atoms with E-state index in [1.54, 1.807) is 7.11 Å². The van der Waals surface area contributed by atoms with Crippen molar-refractivity contribution in [3.05, 3.63) is 0 Å². The van der Waals surface area contributed by atoms with Gasteiger partial charge in [0, 0.05) is 7.11 Å². The molecule has 2 atom stereocenters. The summed E-state index contributed by atoms with van der Waals surface area (Å²) in [7, 11) is 1.72. The van der Waals surface area contributed by atoms with Crippen LogP contribution in [-0.2, 0) is 4.74 Å². The third-order valence-corrected chi connectivity index (χ3v) is 3.07. The molecule has 0 radical (unpaired) electrons. The Kier molecular flexibility index (Phi) is 8.20. The van der Waals surface area contributed by atoms with Crippen LogP contribution in [0.3, 0.4) is 0 Å². The summed E-state index contributed by atoms with van der Waals surface area (Å²) in [4.78, 5) is 0. The lowest BCUT2D eigenvalue weighted by Gasteiger charge is -2.18. The van der Waals surface area contributed by atoms with E-state index in [0.29, 0.717) is 5.92 Å². The molecule has 0 saturated carbocycles. The highest BCUT2D eigenvalue weighted by Gasteiger charge is 2.12. The summed E-state index contributed by atoms with van der Waals surface area (Å²) in [6, 6.07) is 0. The normalized spacial score (nSPS) is 15.9. The minimum Gasteiger partial charge on any atom is -0.393 e. The van der Waals surface area contributed by atoms with Gasteiger partial charge in [0.05, 0.1) is 12.2 Å². The number of methoxy groups -OCH3 is 1. The van der Waals surface area contributed by atoms with E-state index >= 15 is 0 Å². The van der Waals surface area contributed by atoms with Crippen LogP contribution in [0.2, 0.25) is 0 Å². The summed E-state index contributed by atoms with van der Waals surface area (Å²) >= 11 is 0. The highest BCUT2D eigenvalue weighted by atomic mass is 16.5. The van der Waals surface area contributed by atoms with Crippen molar-refractivity contribution >= 4 is 0 Å². The molecule has 0 aromatic rings. The first-order valence-electron chi connectivity index (χ1n) is 5.84. The lowest BCUT2D eigenvalue weighted by atomic mass is 9.94. The van der Waals surface area contributed by atoms with Gasteiger partial charge in [0.2, 0.25) is 0 Å². The maximum Gasteiger partial charge on any atom is 0.0544 e. The van der Waals surface area contributed by atoms with Crippen molar-refractivity contribution in [2.24, 2.45) is 5.92 Å². The molecule has 0 aliphatic heterocycles. The van der Waals surface area contributed by atoms with E-state index in [1.807, 2.05) is 6.92 Å². The van der Waals surface area contributed by atoms with Gasteiger partial charge in [-0.25, -0.2) is 0 Å². The molecule has 14 heavy (non-hydrogen) atoms. The quantitative estimate of drug-likeness (QED) is 0.655. The first-order chi connectivity index (χ1) is 6.63. The fourth-order valence-corrected chi connectivity index (χ4v) is 1.67. The summed E-state index contributed by atoms with van der Waals surface area (Å²) in [6.07, 6.45) is 5.25. The van der Waals surface area contributed by atoms with Gasteiger partial charge < -0.3 is 9.84 Å². The third kappa shape index (κ3) is 6.39. The van der Waals surface area contributed by atoms with E-state index in [2.05, 4.69) is 13.8 Å². The molecule has 0 spiro atoms. The van der Waals surface area contributed by atoms with Crippen molar-refractivity contribution in [3.63, 3.8) is 0 Å². The van der Waals surface area contributed by atoms with Crippen molar-refractivity contribution in [1.82, 2.24) is 0 Å². The molecular weight excluding hydrogens is 176 g/mol. The van der Waals surface area contributed by atoms with Crippen LogP contribution in [-0.4, -0.2) is 24.4 Å². The lowest BCUT2D eigenvalue weighted by molar-refractivity contribution is 0.0757. The van der Waals surface area contributed by atoms with Gasteiger partial charge in [-0.05, 0) is 32.1 Å². The molecule has 2 unspecified atom stereocenters. The smallest absolute Gasteiger partial charge is 0.0544 e. The molecule has 0 fully saturated rings. The lowest BCUT2D eigenvalue weighted by Crippen LogP contribution is -2.16. The molecule has 0 aromatic heterocycles. The Morgan fingerprint density at radius 1 is 1.14 bits per heavy atom. The van der Waals surface area contributed by atoms with E-state index in [4.69, 9.17) is 4.74 Å². The zero-order valence-corrected chi connectivity index (χ0v) is 10.1. The van der Waals surface area contributed by atoms with E-state index < -0.39 is 0 Å². The van der Waals surface area contributed by atoms with Crippen LogP contribution in [0.25, 0.3) is 0 Å². The van der Waals surface area contributed by atoms with Crippen LogP contribution in [0.5, 0.6) is 0 Å². The van der Waals surface area contributed by atoms with Gasteiger partial charge in [0.1, 0.15) is 0 Å². The van der Waals surface area contributed by atoms with Crippen LogP contribution in [0.1, 0.15) is 52.9 Å². The van der Waals surface area contributed by atoms with Gasteiger partial charge in [0.15, 0.2) is 0 Å². The summed E-state index contributed by atoms with van der Waals surface area (Å²) in [5, 5.41) is 9.77. The van der Waals surface area contributed by atoms with Gasteiger partial charge >= 0.3 is 0 Å². The van der Waals surface area contributed by atoms with Crippen LogP contribution in [0, 0.1) is 5.92 Å². The molecule has 86 valence electrons. The highest BCUT2D eigenvalue weighted by Crippen LogP contribution is 2.18. The van der Waals surface area contributed by atoms with Crippen molar-refractivity contribution in [2.45, 2.75) is 65.1 Å². The number of hydrogen-bond donors (Lipinski definition) is 1. The molecule has 0 amide bonds. The molecule has 0 rings (SSSR count). The minimum atomic E-state index is -0.141. The van der Waals surface area contributed by atoms with Crippen LogP contribution < -0.4 is 0 Å². The second kappa shape index (κ2) is 8.25. The second-order valence-corrected chi connectivity index (χ2v) is 4.20. The third-order valence-electron chi connectivity index (χ3n) is 3.07. The largest absolute Gasteiger partial charge is 0.393 e. The fourth-order valence-electron chi connectivity index (χ4n) is 1.67. The van der Waals surface area contributed by atoms with Gasteiger partial charge in [-0.1, -0.05) is 26.7 Å². The molecule has 0 aliphatic rings. The monoisotopic (exact) mass is 202 g/mol. The maximum absolute atomic E-state index is 9.77.